The van der Waals surface area contributed by atoms with Crippen molar-refractivity contribution in [3.05, 3.63) is 65.7 Å². The highest BCUT2D eigenvalue weighted by Crippen LogP contribution is 2.28. The van der Waals surface area contributed by atoms with Gasteiger partial charge in [0.1, 0.15) is 22.6 Å². The van der Waals surface area contributed by atoms with E-state index in [-0.39, 0.29) is 25.0 Å². The largest absolute Gasteiger partial charge is 0.352 e. The van der Waals surface area contributed by atoms with Crippen molar-refractivity contribution in [3.63, 3.8) is 0 Å². The molecule has 1 amide bonds. The first-order chi connectivity index (χ1) is 14.4. The number of sulfonamides is 1. The Morgan fingerprint density at radius 2 is 1.67 bits per heavy atom. The number of hydrogen-bond donors (Lipinski definition) is 1. The third kappa shape index (κ3) is 4.38. The molecule has 4 rings (SSSR count). The minimum Gasteiger partial charge on any atom is -0.352 e. The monoisotopic (exact) mass is 435 g/mol. The summed E-state index contributed by atoms with van der Waals surface area (Å²) < 4.78 is 54.3. The molecule has 1 N–H and O–H groups in total. The SMILES string of the molecule is O=C(NC1CC1)C(c1ccccc1)N1CCN(S(=O)(=O)c2cc(F)ccc2F)CC1. The maximum absolute atomic E-state index is 14.0. The summed E-state index contributed by atoms with van der Waals surface area (Å²) in [4.78, 5) is 14.2. The Balaban J connectivity index is 1.51. The summed E-state index contributed by atoms with van der Waals surface area (Å²) in [5.74, 6) is -1.89. The smallest absolute Gasteiger partial charge is 0.246 e. The number of nitrogens with zero attached hydrogens (tertiary/aromatic N) is 2. The van der Waals surface area contributed by atoms with Gasteiger partial charge in [0, 0.05) is 32.2 Å². The van der Waals surface area contributed by atoms with Gasteiger partial charge in [0.05, 0.1) is 0 Å². The summed E-state index contributed by atoms with van der Waals surface area (Å²) >= 11 is 0. The Bertz CT molecular complexity index is 1020. The van der Waals surface area contributed by atoms with E-state index in [1.807, 2.05) is 35.2 Å². The number of benzene rings is 2. The molecule has 1 saturated heterocycles. The molecule has 6 nitrogen and oxygen atoms in total. The first-order valence-electron chi connectivity index (χ1n) is 9.91. The van der Waals surface area contributed by atoms with Gasteiger partial charge in [-0.3, -0.25) is 9.69 Å². The lowest BCUT2D eigenvalue weighted by atomic mass is 10.0. The van der Waals surface area contributed by atoms with Crippen LogP contribution in [0.2, 0.25) is 0 Å². The molecule has 9 heteroatoms. The zero-order valence-corrected chi connectivity index (χ0v) is 17.1. The van der Waals surface area contributed by atoms with Crippen LogP contribution in [0.4, 0.5) is 8.78 Å². The number of piperazine rings is 1. The second-order valence-electron chi connectivity index (χ2n) is 7.61. The molecule has 1 heterocycles. The molecule has 2 aromatic carbocycles. The molecule has 160 valence electrons. The number of carbonyl (C=O) groups excluding carboxylic acids is 1. The van der Waals surface area contributed by atoms with Crippen LogP contribution in [0.1, 0.15) is 24.4 Å². The van der Waals surface area contributed by atoms with Crippen LogP contribution in [0.5, 0.6) is 0 Å². The van der Waals surface area contributed by atoms with Gasteiger partial charge in [-0.25, -0.2) is 17.2 Å². The van der Waals surface area contributed by atoms with Crippen LogP contribution in [0.3, 0.4) is 0 Å². The summed E-state index contributed by atoms with van der Waals surface area (Å²) in [5, 5.41) is 3.03. The van der Waals surface area contributed by atoms with Crippen molar-refractivity contribution in [2.75, 3.05) is 26.2 Å². The highest BCUT2D eigenvalue weighted by molar-refractivity contribution is 7.89. The van der Waals surface area contributed by atoms with Gasteiger partial charge >= 0.3 is 0 Å². The summed E-state index contributed by atoms with van der Waals surface area (Å²) in [6, 6.07) is 11.4. The summed E-state index contributed by atoms with van der Waals surface area (Å²) in [7, 11) is -4.17. The van der Waals surface area contributed by atoms with Crippen molar-refractivity contribution in [2.24, 2.45) is 0 Å². The van der Waals surface area contributed by atoms with Crippen molar-refractivity contribution in [1.29, 1.82) is 0 Å². The molecular formula is C21H23F2N3O3S. The number of nitrogens with one attached hydrogen (secondary N) is 1. The highest BCUT2D eigenvalue weighted by Gasteiger charge is 2.37. The minimum absolute atomic E-state index is 0.0817. The van der Waals surface area contributed by atoms with Gasteiger partial charge in [-0.15, -0.1) is 0 Å². The van der Waals surface area contributed by atoms with Crippen LogP contribution >= 0.6 is 0 Å². The van der Waals surface area contributed by atoms with Crippen LogP contribution in [0.15, 0.2) is 53.4 Å². The van der Waals surface area contributed by atoms with Crippen molar-refractivity contribution >= 4 is 15.9 Å². The van der Waals surface area contributed by atoms with E-state index in [1.165, 1.54) is 0 Å². The second-order valence-corrected chi connectivity index (χ2v) is 9.52. The Labute approximate surface area is 174 Å². The maximum Gasteiger partial charge on any atom is 0.246 e. The number of rotatable bonds is 6. The van der Waals surface area contributed by atoms with Gasteiger partial charge < -0.3 is 5.32 Å². The Hall–Kier alpha value is -2.36. The molecule has 0 radical (unpaired) electrons. The van der Waals surface area contributed by atoms with Crippen molar-refractivity contribution in [1.82, 2.24) is 14.5 Å². The van der Waals surface area contributed by atoms with E-state index < -0.39 is 32.6 Å². The van der Waals surface area contributed by atoms with Crippen molar-refractivity contribution in [3.8, 4) is 0 Å². The molecule has 2 aromatic rings. The zero-order chi connectivity index (χ0) is 21.3. The van der Waals surface area contributed by atoms with Crippen molar-refractivity contribution < 1.29 is 22.0 Å². The molecule has 0 bridgehead atoms. The molecule has 1 unspecified atom stereocenters. The van der Waals surface area contributed by atoms with E-state index in [0.29, 0.717) is 19.2 Å². The molecule has 1 aliphatic carbocycles. The lowest BCUT2D eigenvalue weighted by molar-refractivity contribution is -0.127. The molecule has 0 aromatic heterocycles. The van der Waals surface area contributed by atoms with Gasteiger partial charge in [0.25, 0.3) is 0 Å². The Morgan fingerprint density at radius 1 is 1.00 bits per heavy atom. The summed E-state index contributed by atoms with van der Waals surface area (Å²) in [5.41, 5.74) is 0.836. The van der Waals surface area contributed by atoms with Crippen molar-refractivity contribution in [2.45, 2.75) is 29.8 Å². The Kier molecular flexibility index (Phi) is 5.86. The van der Waals surface area contributed by atoms with Crippen LogP contribution < -0.4 is 5.32 Å². The third-order valence-electron chi connectivity index (χ3n) is 5.44. The van der Waals surface area contributed by atoms with Gasteiger partial charge in [-0.1, -0.05) is 30.3 Å². The molecule has 2 fully saturated rings. The molecule has 1 aliphatic heterocycles. The molecular weight excluding hydrogens is 412 g/mol. The average molecular weight is 435 g/mol. The highest BCUT2D eigenvalue weighted by atomic mass is 32.2. The number of hydrogen-bond acceptors (Lipinski definition) is 4. The molecule has 30 heavy (non-hydrogen) atoms. The van der Waals surface area contributed by atoms with Crippen LogP contribution in [0, 0.1) is 11.6 Å². The normalized spacial score (nSPS) is 19.4. The maximum atomic E-state index is 14.0. The molecule has 1 saturated carbocycles. The zero-order valence-electron chi connectivity index (χ0n) is 16.3. The number of halogens is 2. The van der Waals surface area contributed by atoms with Gasteiger partial charge in [0.2, 0.25) is 15.9 Å². The number of amides is 1. The quantitative estimate of drug-likeness (QED) is 0.756. The van der Waals surface area contributed by atoms with Gasteiger partial charge in [0.15, 0.2) is 0 Å². The van der Waals surface area contributed by atoms with Crippen LogP contribution in [-0.2, 0) is 14.8 Å². The number of carbonyl (C=O) groups is 1. The predicted molar refractivity (Wildman–Crippen MR) is 107 cm³/mol. The first kappa shape index (κ1) is 20.9. The molecule has 1 atom stereocenters. The minimum atomic E-state index is -4.17. The van der Waals surface area contributed by atoms with Crippen LogP contribution in [0.25, 0.3) is 0 Å². The van der Waals surface area contributed by atoms with Gasteiger partial charge in [-0.2, -0.15) is 4.31 Å². The topological polar surface area (TPSA) is 69.7 Å². The standard InChI is InChI=1S/C21H23F2N3O3S/c22-16-6-9-18(23)19(14-16)30(28,29)26-12-10-25(11-13-26)20(15-4-2-1-3-5-15)21(27)24-17-7-8-17/h1-6,9,14,17,20H,7-8,10-13H2,(H,24,27). The average Bonchev–Trinajstić information content (AvgIpc) is 3.55. The van der Waals surface area contributed by atoms with E-state index in [0.717, 1.165) is 34.8 Å². The fourth-order valence-corrected chi connectivity index (χ4v) is 5.19. The predicted octanol–water partition coefficient (Wildman–Crippen LogP) is 2.29. The molecule has 2 aliphatic rings. The van der Waals surface area contributed by atoms with Gasteiger partial charge in [-0.05, 0) is 36.6 Å². The fourth-order valence-electron chi connectivity index (χ4n) is 3.69. The van der Waals surface area contributed by atoms with E-state index in [2.05, 4.69) is 5.32 Å². The van der Waals surface area contributed by atoms with Crippen LogP contribution in [-0.4, -0.2) is 55.8 Å². The summed E-state index contributed by atoms with van der Waals surface area (Å²) in [6.45, 7) is 0.762. The Morgan fingerprint density at radius 3 is 2.30 bits per heavy atom. The second kappa shape index (κ2) is 8.41. The lowest BCUT2D eigenvalue weighted by Gasteiger charge is -2.38. The third-order valence-corrected chi connectivity index (χ3v) is 7.35. The van der Waals surface area contributed by atoms with E-state index in [1.54, 1.807) is 0 Å². The van der Waals surface area contributed by atoms with E-state index >= 15 is 0 Å². The molecule has 0 spiro atoms. The lowest BCUT2D eigenvalue weighted by Crippen LogP contribution is -2.52. The van der Waals surface area contributed by atoms with E-state index in [9.17, 15) is 22.0 Å². The summed E-state index contributed by atoms with van der Waals surface area (Å²) in [6.07, 6.45) is 1.94. The first-order valence-corrected chi connectivity index (χ1v) is 11.3. The van der Waals surface area contributed by atoms with E-state index in [4.69, 9.17) is 0 Å². The fraction of sp³-hybridized carbons (Fsp3) is 0.381.